The maximum atomic E-state index is 11.8. The summed E-state index contributed by atoms with van der Waals surface area (Å²) in [6, 6.07) is 6.61. The third kappa shape index (κ3) is 2.72. The molecule has 1 rings (SSSR count). The SMILES string of the molecule is CC(C)Oc1ccccc1B(O)OF. The van der Waals surface area contributed by atoms with E-state index in [4.69, 9.17) is 9.76 Å². The van der Waals surface area contributed by atoms with Gasteiger partial charge in [-0.3, -0.25) is 0 Å². The normalized spacial score (nSPS) is 10.4. The average Bonchev–Trinajstić information content (AvgIpc) is 2.16. The van der Waals surface area contributed by atoms with Crippen molar-refractivity contribution in [3.05, 3.63) is 24.3 Å². The van der Waals surface area contributed by atoms with Gasteiger partial charge in [-0.2, -0.15) is 0 Å². The lowest BCUT2D eigenvalue weighted by atomic mass is 9.79. The average molecular weight is 198 g/mol. The van der Waals surface area contributed by atoms with E-state index in [2.05, 4.69) is 4.86 Å². The molecular weight excluding hydrogens is 186 g/mol. The molecule has 0 unspecified atom stereocenters. The van der Waals surface area contributed by atoms with Crippen LogP contribution in [0.2, 0.25) is 0 Å². The van der Waals surface area contributed by atoms with Gasteiger partial charge >= 0.3 is 7.12 Å². The Balaban J connectivity index is 2.91. The van der Waals surface area contributed by atoms with Crippen LogP contribution in [0.1, 0.15) is 13.8 Å². The van der Waals surface area contributed by atoms with Crippen LogP contribution in [0.3, 0.4) is 0 Å². The molecule has 5 heteroatoms. The fourth-order valence-electron chi connectivity index (χ4n) is 1.09. The largest absolute Gasteiger partial charge is 0.533 e. The molecule has 0 radical (unpaired) electrons. The summed E-state index contributed by atoms with van der Waals surface area (Å²) in [7, 11) is -1.59. The number of hydrogen-bond donors (Lipinski definition) is 1. The third-order valence-corrected chi connectivity index (χ3v) is 1.63. The van der Waals surface area contributed by atoms with Gasteiger partial charge in [0.15, 0.2) is 0 Å². The van der Waals surface area contributed by atoms with Crippen LogP contribution in [0.4, 0.5) is 4.53 Å². The van der Waals surface area contributed by atoms with Crippen LogP contribution in [0.25, 0.3) is 0 Å². The molecule has 1 aromatic carbocycles. The van der Waals surface area contributed by atoms with Crippen molar-refractivity contribution >= 4 is 12.6 Å². The van der Waals surface area contributed by atoms with Crippen molar-refractivity contribution < 1.29 is 19.1 Å². The second-order valence-electron chi connectivity index (χ2n) is 3.15. The van der Waals surface area contributed by atoms with Crippen molar-refractivity contribution in [2.24, 2.45) is 0 Å². The molecule has 0 fully saturated rings. The zero-order chi connectivity index (χ0) is 10.6. The number of benzene rings is 1. The zero-order valence-electron chi connectivity index (χ0n) is 8.11. The Kier molecular flexibility index (Phi) is 3.91. The molecular formula is C9H12BFO3. The van der Waals surface area contributed by atoms with E-state index in [1.54, 1.807) is 24.3 Å². The van der Waals surface area contributed by atoms with Gasteiger partial charge in [-0.1, -0.05) is 22.7 Å². The molecule has 0 saturated carbocycles. The first-order chi connectivity index (χ1) is 6.65. The molecule has 1 N–H and O–H groups in total. The first kappa shape index (κ1) is 11.0. The van der Waals surface area contributed by atoms with E-state index in [1.807, 2.05) is 13.8 Å². The fourth-order valence-corrected chi connectivity index (χ4v) is 1.09. The van der Waals surface area contributed by atoms with Crippen LogP contribution in [0.15, 0.2) is 24.3 Å². The van der Waals surface area contributed by atoms with Gasteiger partial charge in [0.1, 0.15) is 5.75 Å². The molecule has 76 valence electrons. The molecule has 14 heavy (non-hydrogen) atoms. The minimum absolute atomic E-state index is 0.0389. The fraction of sp³-hybridized carbons (Fsp3) is 0.333. The van der Waals surface area contributed by atoms with E-state index < -0.39 is 7.12 Å². The zero-order valence-corrected chi connectivity index (χ0v) is 8.11. The predicted molar refractivity (Wildman–Crippen MR) is 52.0 cm³/mol. The smallest absolute Gasteiger partial charge is 0.491 e. The molecule has 0 aliphatic heterocycles. The minimum Gasteiger partial charge on any atom is -0.491 e. The maximum Gasteiger partial charge on any atom is 0.533 e. The second kappa shape index (κ2) is 4.98. The number of ether oxygens (including phenoxy) is 1. The lowest BCUT2D eigenvalue weighted by molar-refractivity contribution is -0.0269. The van der Waals surface area contributed by atoms with Crippen molar-refractivity contribution in [3.8, 4) is 5.75 Å². The minimum atomic E-state index is -1.59. The van der Waals surface area contributed by atoms with E-state index in [0.29, 0.717) is 5.75 Å². The summed E-state index contributed by atoms with van der Waals surface area (Å²) in [5, 5.41) is 9.15. The van der Waals surface area contributed by atoms with Crippen molar-refractivity contribution in [2.45, 2.75) is 20.0 Å². The van der Waals surface area contributed by atoms with Crippen LogP contribution in [-0.4, -0.2) is 18.2 Å². The molecule has 0 bridgehead atoms. The molecule has 0 saturated heterocycles. The number of halogens is 1. The van der Waals surface area contributed by atoms with Crippen molar-refractivity contribution in [1.82, 2.24) is 0 Å². The highest BCUT2D eigenvalue weighted by Gasteiger charge is 2.22. The maximum absolute atomic E-state index is 11.8. The molecule has 0 aromatic heterocycles. The van der Waals surface area contributed by atoms with Crippen LogP contribution < -0.4 is 10.2 Å². The molecule has 3 nitrogen and oxygen atoms in total. The molecule has 0 aliphatic rings. The molecule has 0 heterocycles. The van der Waals surface area contributed by atoms with Gasteiger partial charge in [0.2, 0.25) is 0 Å². The first-order valence-electron chi connectivity index (χ1n) is 4.36. The van der Waals surface area contributed by atoms with Gasteiger partial charge < -0.3 is 9.76 Å². The molecule has 0 aliphatic carbocycles. The van der Waals surface area contributed by atoms with Gasteiger partial charge in [0, 0.05) is 5.46 Å². The highest BCUT2D eigenvalue weighted by atomic mass is 19.3. The lowest BCUT2D eigenvalue weighted by Crippen LogP contribution is -2.33. The Labute approximate surface area is 82.5 Å². The van der Waals surface area contributed by atoms with E-state index in [9.17, 15) is 4.53 Å². The molecule has 0 atom stereocenters. The van der Waals surface area contributed by atoms with Crippen molar-refractivity contribution in [1.29, 1.82) is 0 Å². The summed E-state index contributed by atoms with van der Waals surface area (Å²) in [6.45, 7) is 3.69. The Bertz CT molecular complexity index is 293. The summed E-state index contributed by atoms with van der Waals surface area (Å²) in [5.74, 6) is 0.424. The van der Waals surface area contributed by atoms with Gasteiger partial charge in [-0.15, -0.1) is 0 Å². The van der Waals surface area contributed by atoms with Gasteiger partial charge in [0.05, 0.1) is 6.10 Å². The molecule has 1 aromatic rings. The number of rotatable bonds is 4. The first-order valence-corrected chi connectivity index (χ1v) is 4.36. The van der Waals surface area contributed by atoms with Crippen molar-refractivity contribution in [3.63, 3.8) is 0 Å². The predicted octanol–water partition coefficient (Wildman–Crippen LogP) is 1.06. The van der Waals surface area contributed by atoms with Crippen LogP contribution in [0.5, 0.6) is 5.75 Å². The number of para-hydroxylation sites is 1. The highest BCUT2D eigenvalue weighted by molar-refractivity contribution is 6.60. The van der Waals surface area contributed by atoms with Crippen LogP contribution in [0, 0.1) is 0 Å². The molecule has 0 amide bonds. The topological polar surface area (TPSA) is 38.7 Å². The third-order valence-electron chi connectivity index (χ3n) is 1.63. The standard InChI is InChI=1S/C9H12BFO3/c1-7(2)13-9-6-4-3-5-8(9)10(12)14-11/h3-7,12H,1-2H3. The Morgan fingerprint density at radius 2 is 2.00 bits per heavy atom. The van der Waals surface area contributed by atoms with E-state index in [0.717, 1.165) is 0 Å². The lowest BCUT2D eigenvalue weighted by Gasteiger charge is -2.13. The quantitative estimate of drug-likeness (QED) is 0.735. The van der Waals surface area contributed by atoms with E-state index >= 15 is 0 Å². The Morgan fingerprint density at radius 1 is 1.36 bits per heavy atom. The Hall–Kier alpha value is -1.07. The van der Waals surface area contributed by atoms with E-state index in [-0.39, 0.29) is 11.6 Å². The monoisotopic (exact) mass is 198 g/mol. The highest BCUT2D eigenvalue weighted by Crippen LogP contribution is 2.10. The summed E-state index contributed by atoms with van der Waals surface area (Å²) in [4.78, 5) is 3.33. The molecule has 0 spiro atoms. The number of hydrogen-bond acceptors (Lipinski definition) is 3. The summed E-state index contributed by atoms with van der Waals surface area (Å²) < 4.78 is 17.1. The van der Waals surface area contributed by atoms with Crippen LogP contribution >= 0.6 is 0 Å². The van der Waals surface area contributed by atoms with Gasteiger partial charge in [-0.25, -0.2) is 4.86 Å². The summed E-state index contributed by atoms with van der Waals surface area (Å²) in [6.07, 6.45) is -0.0389. The Morgan fingerprint density at radius 3 is 2.57 bits per heavy atom. The van der Waals surface area contributed by atoms with Crippen molar-refractivity contribution in [2.75, 3.05) is 0 Å². The van der Waals surface area contributed by atoms with Gasteiger partial charge in [-0.05, 0) is 19.9 Å². The summed E-state index contributed by atoms with van der Waals surface area (Å²) >= 11 is 0. The van der Waals surface area contributed by atoms with E-state index in [1.165, 1.54) is 0 Å². The van der Waals surface area contributed by atoms with Crippen LogP contribution in [-0.2, 0) is 4.86 Å². The summed E-state index contributed by atoms with van der Waals surface area (Å²) in [5.41, 5.74) is 0.281. The van der Waals surface area contributed by atoms with Gasteiger partial charge in [0.25, 0.3) is 0 Å². The second-order valence-corrected chi connectivity index (χ2v) is 3.15.